The van der Waals surface area contributed by atoms with Gasteiger partial charge in [-0.3, -0.25) is 15.0 Å². The molecule has 0 atom stereocenters. The number of nitrogens with zero attached hydrogens (tertiary/aromatic N) is 4. The summed E-state index contributed by atoms with van der Waals surface area (Å²) in [5.41, 5.74) is 4.48. The molecule has 0 spiro atoms. The van der Waals surface area contributed by atoms with E-state index < -0.39 is 23.5 Å². The number of aryl methyl sites for hydroxylation is 1. The second kappa shape index (κ2) is 10.9. The van der Waals surface area contributed by atoms with E-state index in [1.165, 1.54) is 33.8 Å². The van der Waals surface area contributed by atoms with Crippen molar-refractivity contribution >= 4 is 56.6 Å². The molecule has 1 N–H and O–H groups in total. The fraction of sp³-hybridized carbons (Fsp3) is 0.276. The van der Waals surface area contributed by atoms with E-state index in [0.29, 0.717) is 34.3 Å². The Morgan fingerprint density at radius 2 is 1.83 bits per heavy atom. The van der Waals surface area contributed by atoms with Gasteiger partial charge in [0.1, 0.15) is 10.4 Å². The molecule has 4 aromatic rings. The quantitative estimate of drug-likeness (QED) is 0.189. The second-order valence-corrected chi connectivity index (χ2v) is 12.3. The van der Waals surface area contributed by atoms with Crippen molar-refractivity contribution in [3.05, 3.63) is 59.0 Å². The van der Waals surface area contributed by atoms with E-state index in [4.69, 9.17) is 19.5 Å². The Bertz CT molecular complexity index is 1670. The van der Waals surface area contributed by atoms with Gasteiger partial charge in [0.2, 0.25) is 0 Å². The molecular formula is C29H29N5O5S2. The third-order valence-electron chi connectivity index (χ3n) is 6.07. The number of rotatable bonds is 7. The Morgan fingerprint density at radius 3 is 2.41 bits per heavy atom. The molecule has 0 fully saturated rings. The maximum absolute atomic E-state index is 12.6. The van der Waals surface area contributed by atoms with Crippen LogP contribution in [-0.4, -0.2) is 50.1 Å². The molecule has 4 heterocycles. The number of amides is 3. The number of fused-ring (bicyclic) bond motifs is 1. The van der Waals surface area contributed by atoms with E-state index in [0.717, 1.165) is 31.3 Å². The van der Waals surface area contributed by atoms with Gasteiger partial charge in [0.15, 0.2) is 17.4 Å². The van der Waals surface area contributed by atoms with E-state index in [-0.39, 0.29) is 0 Å². The number of hydroxylamine groups is 2. The molecule has 0 saturated carbocycles. The van der Waals surface area contributed by atoms with Crippen LogP contribution < -0.4 is 10.3 Å². The van der Waals surface area contributed by atoms with Crippen LogP contribution in [0.25, 0.3) is 31.4 Å². The van der Waals surface area contributed by atoms with Crippen LogP contribution in [0.1, 0.15) is 40.2 Å². The number of hydrogen-bond donors (Lipinski definition) is 1. The van der Waals surface area contributed by atoms with Crippen LogP contribution >= 0.6 is 22.7 Å². The molecule has 0 radical (unpaired) electrons. The zero-order valence-corrected chi connectivity index (χ0v) is 25.1. The SMILES string of the molecule is CCN(Oc1ccc(-c2sc3nc(-c4cccs4)nc(NN4C(=O)C=C(C)C4=O)c3c2C)cc1)C(=O)OC(C)(C)C. The molecule has 1 aliphatic heterocycles. The van der Waals surface area contributed by atoms with Crippen molar-refractivity contribution < 1.29 is 24.0 Å². The number of aromatic nitrogens is 2. The van der Waals surface area contributed by atoms with Gasteiger partial charge in [0, 0.05) is 16.5 Å². The van der Waals surface area contributed by atoms with Crippen LogP contribution in [0.2, 0.25) is 0 Å². The van der Waals surface area contributed by atoms with E-state index in [9.17, 15) is 14.4 Å². The first-order chi connectivity index (χ1) is 19.4. The van der Waals surface area contributed by atoms with Gasteiger partial charge in [-0.05, 0) is 88.4 Å². The maximum Gasteiger partial charge on any atom is 0.443 e. The first kappa shape index (κ1) is 28.2. The van der Waals surface area contributed by atoms with Gasteiger partial charge in [-0.2, -0.15) is 5.01 Å². The molecule has 0 saturated heterocycles. The third kappa shape index (κ3) is 5.79. The number of ether oxygens (including phenoxy) is 1. The van der Waals surface area contributed by atoms with Gasteiger partial charge in [-0.25, -0.2) is 14.8 Å². The van der Waals surface area contributed by atoms with Crippen LogP contribution in [0, 0.1) is 6.92 Å². The summed E-state index contributed by atoms with van der Waals surface area (Å²) >= 11 is 2.99. The average Bonchev–Trinajstić information content (AvgIpc) is 3.62. The van der Waals surface area contributed by atoms with Gasteiger partial charge in [-0.1, -0.05) is 6.07 Å². The fourth-order valence-electron chi connectivity index (χ4n) is 4.15. The summed E-state index contributed by atoms with van der Waals surface area (Å²) in [6.45, 7) is 11.1. The molecule has 10 nitrogen and oxygen atoms in total. The largest absolute Gasteiger partial charge is 0.443 e. The van der Waals surface area contributed by atoms with Crippen LogP contribution in [0.4, 0.5) is 10.6 Å². The zero-order chi connectivity index (χ0) is 29.5. The van der Waals surface area contributed by atoms with E-state index >= 15 is 0 Å². The number of carbonyl (C=O) groups is 3. The molecule has 1 aliphatic rings. The topological polar surface area (TPSA) is 114 Å². The van der Waals surface area contributed by atoms with E-state index in [1.54, 1.807) is 46.8 Å². The van der Waals surface area contributed by atoms with Crippen molar-refractivity contribution in [1.29, 1.82) is 0 Å². The number of hydrogen-bond acceptors (Lipinski definition) is 10. The van der Waals surface area contributed by atoms with Crippen LogP contribution in [0.5, 0.6) is 5.75 Å². The first-order valence-corrected chi connectivity index (χ1v) is 14.6. The lowest BCUT2D eigenvalue weighted by atomic mass is 10.1. The summed E-state index contributed by atoms with van der Waals surface area (Å²) in [5, 5.41) is 4.80. The summed E-state index contributed by atoms with van der Waals surface area (Å²) in [7, 11) is 0. The molecule has 1 aromatic carbocycles. The van der Waals surface area contributed by atoms with E-state index in [1.807, 2.05) is 36.6 Å². The summed E-state index contributed by atoms with van der Waals surface area (Å²) < 4.78 is 5.42. The van der Waals surface area contributed by atoms with Crippen molar-refractivity contribution in [3.8, 4) is 26.9 Å². The van der Waals surface area contributed by atoms with Crippen molar-refractivity contribution in [3.63, 3.8) is 0 Å². The summed E-state index contributed by atoms with van der Waals surface area (Å²) in [4.78, 5) is 55.4. The van der Waals surface area contributed by atoms with Gasteiger partial charge >= 0.3 is 6.09 Å². The molecule has 12 heteroatoms. The minimum atomic E-state index is -0.638. The third-order valence-corrected chi connectivity index (χ3v) is 8.17. The molecular weight excluding hydrogens is 562 g/mol. The van der Waals surface area contributed by atoms with Crippen molar-refractivity contribution in [1.82, 2.24) is 20.0 Å². The molecule has 3 amide bonds. The Balaban J connectivity index is 1.49. The Morgan fingerprint density at radius 1 is 1.10 bits per heavy atom. The lowest BCUT2D eigenvalue weighted by molar-refractivity contribution is -0.135. The predicted octanol–water partition coefficient (Wildman–Crippen LogP) is 6.59. The average molecular weight is 592 g/mol. The highest BCUT2D eigenvalue weighted by Gasteiger charge is 2.30. The predicted molar refractivity (Wildman–Crippen MR) is 159 cm³/mol. The van der Waals surface area contributed by atoms with Crippen molar-refractivity contribution in [2.75, 3.05) is 12.0 Å². The molecule has 3 aromatic heterocycles. The second-order valence-electron chi connectivity index (χ2n) is 10.3. The standard InChI is InChI=1S/C29H29N5O5S2/c1-7-33(28(37)38-29(4,5)6)39-19-12-10-18(11-13-19)23-17(3)22-25(32-34-21(35)15-16(2)27(34)36)30-24(31-26(22)41-23)20-9-8-14-40-20/h8-15H,7H2,1-6H3,(H,30,31,32). The number of anilines is 1. The summed E-state index contributed by atoms with van der Waals surface area (Å²) in [6, 6.07) is 11.2. The normalized spacial score (nSPS) is 13.5. The van der Waals surface area contributed by atoms with Gasteiger partial charge in [0.05, 0.1) is 16.8 Å². The fourth-order valence-corrected chi connectivity index (χ4v) is 5.99. The highest BCUT2D eigenvalue weighted by Crippen LogP contribution is 2.42. The number of hydrazine groups is 1. The Labute approximate surface area is 245 Å². The van der Waals surface area contributed by atoms with Crippen LogP contribution in [-0.2, 0) is 14.3 Å². The maximum atomic E-state index is 12.6. The molecule has 5 rings (SSSR count). The minimum absolute atomic E-state index is 0.310. The number of imide groups is 1. The lowest BCUT2D eigenvalue weighted by Crippen LogP contribution is -2.38. The van der Waals surface area contributed by atoms with E-state index in [2.05, 4.69) is 5.43 Å². The Kier molecular flexibility index (Phi) is 7.54. The molecule has 0 bridgehead atoms. The lowest BCUT2D eigenvalue weighted by Gasteiger charge is -2.26. The van der Waals surface area contributed by atoms with Crippen molar-refractivity contribution in [2.45, 2.75) is 47.1 Å². The van der Waals surface area contributed by atoms with Gasteiger partial charge < -0.3 is 9.57 Å². The minimum Gasteiger partial charge on any atom is -0.442 e. The summed E-state index contributed by atoms with van der Waals surface area (Å²) in [6.07, 6.45) is 0.733. The number of carbonyl (C=O) groups excluding carboxylic acids is 3. The molecule has 212 valence electrons. The monoisotopic (exact) mass is 591 g/mol. The smallest absolute Gasteiger partial charge is 0.442 e. The molecule has 0 unspecified atom stereocenters. The van der Waals surface area contributed by atoms with Gasteiger partial charge in [0.25, 0.3) is 11.8 Å². The Hall–Kier alpha value is -4.29. The summed E-state index contributed by atoms with van der Waals surface area (Å²) in [5.74, 6) is 0.483. The number of nitrogens with one attached hydrogen (secondary N) is 1. The van der Waals surface area contributed by atoms with Crippen molar-refractivity contribution in [2.24, 2.45) is 0 Å². The highest BCUT2D eigenvalue weighted by atomic mass is 32.1. The number of benzene rings is 1. The van der Waals surface area contributed by atoms with Gasteiger partial charge in [-0.15, -0.1) is 27.7 Å². The molecule has 41 heavy (non-hydrogen) atoms. The van der Waals surface area contributed by atoms with Crippen LogP contribution in [0.15, 0.2) is 53.4 Å². The highest BCUT2D eigenvalue weighted by molar-refractivity contribution is 7.22. The molecule has 0 aliphatic carbocycles. The zero-order valence-electron chi connectivity index (χ0n) is 23.5. The number of thiophene rings is 2. The van der Waals surface area contributed by atoms with Crippen LogP contribution in [0.3, 0.4) is 0 Å². The first-order valence-electron chi connectivity index (χ1n) is 12.9.